The fourth-order valence-corrected chi connectivity index (χ4v) is 1.60. The van der Waals surface area contributed by atoms with Gasteiger partial charge in [0.25, 0.3) is 0 Å². The molecule has 1 aromatic rings. The van der Waals surface area contributed by atoms with Gasteiger partial charge in [-0.3, -0.25) is 4.90 Å². The van der Waals surface area contributed by atoms with Crippen LogP contribution in [0, 0.1) is 0 Å². The van der Waals surface area contributed by atoms with Crippen LogP contribution < -0.4 is 0 Å². The van der Waals surface area contributed by atoms with Crippen molar-refractivity contribution in [3.05, 3.63) is 29.8 Å². The maximum atomic E-state index is 12.0. The van der Waals surface area contributed by atoms with Crippen LogP contribution >= 0.6 is 0 Å². The van der Waals surface area contributed by atoms with Crippen LogP contribution in [0.5, 0.6) is 5.75 Å². The number of hydrogen-bond acceptors (Lipinski definition) is 4. The number of rotatable bonds is 4. The zero-order valence-electron chi connectivity index (χ0n) is 11.6. The number of benzene rings is 1. The zero-order valence-corrected chi connectivity index (χ0v) is 11.6. The van der Waals surface area contributed by atoms with Crippen molar-refractivity contribution >= 4 is 6.09 Å². The SMILES string of the molecule is CC(C)(C)N(Cc1ccccc1O)C(=O)OCCO. The first-order valence-corrected chi connectivity index (χ1v) is 6.18. The van der Waals surface area contributed by atoms with Crippen LogP contribution in [0.2, 0.25) is 0 Å². The normalized spacial score (nSPS) is 11.2. The van der Waals surface area contributed by atoms with Gasteiger partial charge >= 0.3 is 6.09 Å². The predicted octanol–water partition coefficient (Wildman–Crippen LogP) is 2.12. The molecule has 0 heterocycles. The van der Waals surface area contributed by atoms with Gasteiger partial charge in [0.2, 0.25) is 0 Å². The van der Waals surface area contributed by atoms with E-state index < -0.39 is 11.6 Å². The number of phenols is 1. The van der Waals surface area contributed by atoms with Gasteiger partial charge < -0.3 is 14.9 Å². The second kappa shape index (κ2) is 6.43. The van der Waals surface area contributed by atoms with Crippen molar-refractivity contribution in [2.24, 2.45) is 0 Å². The molecule has 0 unspecified atom stereocenters. The van der Waals surface area contributed by atoms with Crippen molar-refractivity contribution in [3.8, 4) is 5.75 Å². The third-order valence-corrected chi connectivity index (χ3v) is 2.67. The van der Waals surface area contributed by atoms with E-state index in [0.29, 0.717) is 5.56 Å². The molecule has 0 atom stereocenters. The molecule has 1 amide bonds. The lowest BCUT2D eigenvalue weighted by Crippen LogP contribution is -2.45. The maximum Gasteiger partial charge on any atom is 0.410 e. The lowest BCUT2D eigenvalue weighted by molar-refractivity contribution is 0.0520. The summed E-state index contributed by atoms with van der Waals surface area (Å²) < 4.78 is 4.95. The van der Waals surface area contributed by atoms with E-state index in [0.717, 1.165) is 0 Å². The van der Waals surface area contributed by atoms with Crippen LogP contribution in [0.25, 0.3) is 0 Å². The first-order chi connectivity index (χ1) is 8.86. The molecule has 5 nitrogen and oxygen atoms in total. The highest BCUT2D eigenvalue weighted by Crippen LogP contribution is 2.23. The number of carbonyl (C=O) groups is 1. The van der Waals surface area contributed by atoms with Gasteiger partial charge in [0.05, 0.1) is 13.2 Å². The fraction of sp³-hybridized carbons (Fsp3) is 0.500. The Kier molecular flexibility index (Phi) is 5.18. The van der Waals surface area contributed by atoms with Crippen LogP contribution in [0.15, 0.2) is 24.3 Å². The minimum Gasteiger partial charge on any atom is -0.508 e. The van der Waals surface area contributed by atoms with Gasteiger partial charge in [-0.15, -0.1) is 0 Å². The quantitative estimate of drug-likeness (QED) is 0.876. The Morgan fingerprint density at radius 1 is 1.32 bits per heavy atom. The summed E-state index contributed by atoms with van der Waals surface area (Å²) in [5, 5.41) is 18.5. The maximum absolute atomic E-state index is 12.0. The second-order valence-corrected chi connectivity index (χ2v) is 5.22. The summed E-state index contributed by atoms with van der Waals surface area (Å²) in [7, 11) is 0. The van der Waals surface area contributed by atoms with Crippen molar-refractivity contribution in [1.82, 2.24) is 4.90 Å². The van der Waals surface area contributed by atoms with E-state index in [1.54, 1.807) is 24.3 Å². The van der Waals surface area contributed by atoms with E-state index in [1.807, 2.05) is 20.8 Å². The third kappa shape index (κ3) is 4.44. The molecule has 106 valence electrons. The van der Waals surface area contributed by atoms with Crippen LogP contribution in [-0.4, -0.2) is 40.0 Å². The number of hydrogen-bond donors (Lipinski definition) is 2. The Balaban J connectivity index is 2.87. The van der Waals surface area contributed by atoms with Gasteiger partial charge in [-0.1, -0.05) is 18.2 Å². The standard InChI is InChI=1S/C14H21NO4/c1-14(2,3)15(13(18)19-9-8-16)10-11-6-4-5-7-12(11)17/h4-7,16-17H,8-10H2,1-3H3. The summed E-state index contributed by atoms with van der Waals surface area (Å²) in [5.74, 6) is 0.145. The molecule has 0 bridgehead atoms. The van der Waals surface area contributed by atoms with Crippen molar-refractivity contribution in [2.75, 3.05) is 13.2 Å². The number of aliphatic hydroxyl groups is 1. The molecule has 2 N–H and O–H groups in total. The number of carbonyl (C=O) groups excluding carboxylic acids is 1. The molecule has 0 aliphatic carbocycles. The van der Waals surface area contributed by atoms with Crippen LogP contribution in [-0.2, 0) is 11.3 Å². The highest BCUT2D eigenvalue weighted by Gasteiger charge is 2.28. The Hall–Kier alpha value is -1.75. The highest BCUT2D eigenvalue weighted by molar-refractivity contribution is 5.68. The lowest BCUT2D eigenvalue weighted by atomic mass is 10.0. The molecule has 19 heavy (non-hydrogen) atoms. The second-order valence-electron chi connectivity index (χ2n) is 5.22. The molecule has 0 aliphatic rings. The molecule has 1 rings (SSSR count). The Morgan fingerprint density at radius 3 is 2.47 bits per heavy atom. The summed E-state index contributed by atoms with van der Waals surface area (Å²) in [5.41, 5.74) is 0.202. The molecule has 5 heteroatoms. The van der Waals surface area contributed by atoms with E-state index in [1.165, 1.54) is 4.90 Å². The molecular formula is C14H21NO4. The molecule has 0 saturated heterocycles. The van der Waals surface area contributed by atoms with Crippen molar-refractivity contribution in [1.29, 1.82) is 0 Å². The van der Waals surface area contributed by atoms with E-state index in [-0.39, 0.29) is 25.5 Å². The molecule has 0 saturated carbocycles. The molecule has 0 aromatic heterocycles. The number of amides is 1. The van der Waals surface area contributed by atoms with Crippen LogP contribution in [0.3, 0.4) is 0 Å². The van der Waals surface area contributed by atoms with Gasteiger partial charge in [-0.25, -0.2) is 4.79 Å². The topological polar surface area (TPSA) is 70.0 Å². The third-order valence-electron chi connectivity index (χ3n) is 2.67. The number of phenolic OH excluding ortho intramolecular Hbond substituents is 1. The van der Waals surface area contributed by atoms with Gasteiger partial charge in [0.15, 0.2) is 0 Å². The van der Waals surface area contributed by atoms with E-state index >= 15 is 0 Å². The van der Waals surface area contributed by atoms with Gasteiger partial charge in [0, 0.05) is 11.1 Å². The minimum atomic E-state index is -0.509. The number of aromatic hydroxyl groups is 1. The predicted molar refractivity (Wildman–Crippen MR) is 71.8 cm³/mol. The molecule has 1 aromatic carbocycles. The summed E-state index contributed by atoms with van der Waals surface area (Å²) in [6, 6.07) is 6.86. The Labute approximate surface area is 113 Å². The van der Waals surface area contributed by atoms with E-state index in [4.69, 9.17) is 9.84 Å². The van der Waals surface area contributed by atoms with Gasteiger partial charge in [-0.05, 0) is 26.8 Å². The molecular weight excluding hydrogens is 246 g/mol. The van der Waals surface area contributed by atoms with Crippen molar-refractivity contribution in [3.63, 3.8) is 0 Å². The monoisotopic (exact) mass is 267 g/mol. The Bertz CT molecular complexity index is 426. The number of aliphatic hydroxyl groups excluding tert-OH is 1. The van der Waals surface area contributed by atoms with E-state index in [9.17, 15) is 9.90 Å². The summed E-state index contributed by atoms with van der Waals surface area (Å²) >= 11 is 0. The summed E-state index contributed by atoms with van der Waals surface area (Å²) in [4.78, 5) is 13.5. The number of para-hydroxylation sites is 1. The molecule has 0 fully saturated rings. The number of nitrogens with zero attached hydrogens (tertiary/aromatic N) is 1. The Morgan fingerprint density at radius 2 is 1.95 bits per heavy atom. The number of ether oxygens (including phenoxy) is 1. The molecule has 0 aliphatic heterocycles. The first-order valence-electron chi connectivity index (χ1n) is 6.18. The summed E-state index contributed by atoms with van der Waals surface area (Å²) in [6.45, 7) is 5.65. The largest absolute Gasteiger partial charge is 0.508 e. The minimum absolute atomic E-state index is 0.0355. The summed E-state index contributed by atoms with van der Waals surface area (Å²) in [6.07, 6.45) is -0.509. The van der Waals surface area contributed by atoms with Crippen LogP contribution in [0.4, 0.5) is 4.79 Å². The van der Waals surface area contributed by atoms with Crippen molar-refractivity contribution < 1.29 is 19.7 Å². The molecule has 0 radical (unpaired) electrons. The highest BCUT2D eigenvalue weighted by atomic mass is 16.6. The smallest absolute Gasteiger partial charge is 0.410 e. The van der Waals surface area contributed by atoms with Crippen molar-refractivity contribution in [2.45, 2.75) is 32.9 Å². The first kappa shape index (κ1) is 15.3. The zero-order chi connectivity index (χ0) is 14.5. The average molecular weight is 267 g/mol. The lowest BCUT2D eigenvalue weighted by Gasteiger charge is -2.34. The van der Waals surface area contributed by atoms with E-state index in [2.05, 4.69) is 0 Å². The van der Waals surface area contributed by atoms with Gasteiger partial charge in [0.1, 0.15) is 12.4 Å². The fourth-order valence-electron chi connectivity index (χ4n) is 1.60. The van der Waals surface area contributed by atoms with Gasteiger partial charge in [-0.2, -0.15) is 0 Å². The molecule has 0 spiro atoms. The van der Waals surface area contributed by atoms with Crippen LogP contribution in [0.1, 0.15) is 26.3 Å². The average Bonchev–Trinajstić information content (AvgIpc) is 2.33.